The number of carbonyl (C=O) groups excluding carboxylic acids is 1. The molecule has 0 amide bonds. The molecule has 0 spiro atoms. The monoisotopic (exact) mass is 355 g/mol. The Morgan fingerprint density at radius 2 is 1.44 bits per heavy atom. The molecular weight excluding hydrogens is 334 g/mol. The minimum absolute atomic E-state index is 0.323. The van der Waals surface area contributed by atoms with E-state index in [1.54, 1.807) is 6.08 Å². The standard InChI is InChI=1S/C18H14O2.C6H7N/c1-20-18(19)16-9-5-4-8-15-10-13-6-2-3-7-14(13)11-17(15)12-16;1-2-4-6-7-5-3-1/h2-12H,1H3;1-7H. The van der Waals surface area contributed by atoms with Crippen LogP contribution in [0.2, 0.25) is 0 Å². The summed E-state index contributed by atoms with van der Waals surface area (Å²) in [5.41, 5.74) is 2.66. The second kappa shape index (κ2) is 9.20. The highest BCUT2D eigenvalue weighted by molar-refractivity contribution is 5.99. The van der Waals surface area contributed by atoms with E-state index in [1.165, 1.54) is 12.5 Å². The van der Waals surface area contributed by atoms with E-state index in [1.807, 2.05) is 73.1 Å². The molecule has 1 aliphatic heterocycles. The minimum atomic E-state index is -0.323. The molecule has 0 unspecified atom stereocenters. The van der Waals surface area contributed by atoms with Crippen molar-refractivity contribution in [3.05, 3.63) is 108 Å². The van der Waals surface area contributed by atoms with Gasteiger partial charge < -0.3 is 10.1 Å². The minimum Gasteiger partial charge on any atom is -0.465 e. The average Bonchev–Trinajstić information content (AvgIpc) is 3.01. The van der Waals surface area contributed by atoms with Gasteiger partial charge in [0, 0.05) is 12.4 Å². The number of nitrogens with one attached hydrogen (secondary N) is 1. The number of benzene rings is 2. The molecule has 3 nitrogen and oxygen atoms in total. The van der Waals surface area contributed by atoms with Crippen LogP contribution in [0.25, 0.3) is 22.9 Å². The first kappa shape index (κ1) is 18.2. The molecule has 27 heavy (non-hydrogen) atoms. The molecule has 3 heteroatoms. The molecule has 0 radical (unpaired) electrons. The van der Waals surface area contributed by atoms with Crippen molar-refractivity contribution in [1.82, 2.24) is 5.32 Å². The zero-order valence-electron chi connectivity index (χ0n) is 15.1. The highest BCUT2D eigenvalue weighted by atomic mass is 16.5. The van der Waals surface area contributed by atoms with Gasteiger partial charge in [0.15, 0.2) is 0 Å². The Kier molecular flexibility index (Phi) is 6.21. The van der Waals surface area contributed by atoms with Gasteiger partial charge in [-0.25, -0.2) is 4.79 Å². The average molecular weight is 355 g/mol. The molecular formula is C24H21NO2. The van der Waals surface area contributed by atoms with Crippen LogP contribution in [-0.4, -0.2) is 13.1 Å². The maximum Gasteiger partial charge on any atom is 0.337 e. The summed E-state index contributed by atoms with van der Waals surface area (Å²) < 4.78 is 4.81. The van der Waals surface area contributed by atoms with Crippen LogP contribution in [0.3, 0.4) is 0 Å². The van der Waals surface area contributed by atoms with E-state index in [-0.39, 0.29) is 5.97 Å². The highest BCUT2D eigenvalue weighted by Gasteiger charge is 2.09. The number of carbonyl (C=O) groups is 1. The van der Waals surface area contributed by atoms with E-state index in [4.69, 9.17) is 4.74 Å². The van der Waals surface area contributed by atoms with E-state index in [2.05, 4.69) is 29.6 Å². The van der Waals surface area contributed by atoms with E-state index in [0.717, 1.165) is 16.5 Å². The fraction of sp³-hybridized carbons (Fsp3) is 0.0417. The first-order valence-electron chi connectivity index (χ1n) is 8.70. The molecule has 0 bridgehead atoms. The van der Waals surface area contributed by atoms with Crippen molar-refractivity contribution in [3.8, 4) is 0 Å². The van der Waals surface area contributed by atoms with Gasteiger partial charge in [0.2, 0.25) is 0 Å². The third-order valence-electron chi connectivity index (χ3n) is 4.06. The van der Waals surface area contributed by atoms with E-state index in [0.29, 0.717) is 5.57 Å². The topological polar surface area (TPSA) is 38.3 Å². The van der Waals surface area contributed by atoms with Crippen molar-refractivity contribution in [3.63, 3.8) is 0 Å². The number of hydrogen-bond acceptors (Lipinski definition) is 3. The van der Waals surface area contributed by atoms with Crippen molar-refractivity contribution < 1.29 is 9.53 Å². The molecule has 0 atom stereocenters. The third kappa shape index (κ3) is 4.95. The molecule has 4 rings (SSSR count). The molecule has 2 aliphatic rings. The van der Waals surface area contributed by atoms with Crippen LogP contribution in [0.1, 0.15) is 11.1 Å². The van der Waals surface area contributed by atoms with Gasteiger partial charge in [0.25, 0.3) is 0 Å². The summed E-state index contributed by atoms with van der Waals surface area (Å²) in [6.07, 6.45) is 21.0. The zero-order chi connectivity index (χ0) is 18.9. The van der Waals surface area contributed by atoms with Gasteiger partial charge in [-0.15, -0.1) is 0 Å². The molecule has 1 N–H and O–H groups in total. The van der Waals surface area contributed by atoms with Crippen LogP contribution in [0, 0.1) is 0 Å². The Hall–Kier alpha value is -3.59. The van der Waals surface area contributed by atoms with Crippen molar-refractivity contribution >= 4 is 28.9 Å². The van der Waals surface area contributed by atoms with Gasteiger partial charge >= 0.3 is 5.97 Å². The SMILES string of the molecule is C1=CC=CNC=C1.COC(=O)C1=Cc2cc3ccccc3cc2C=CC=C1. The summed E-state index contributed by atoms with van der Waals surface area (Å²) in [6, 6.07) is 12.4. The normalized spacial score (nSPS) is 14.0. The third-order valence-corrected chi connectivity index (χ3v) is 4.06. The Bertz CT molecular complexity index is 990. The quantitative estimate of drug-likeness (QED) is 0.719. The summed E-state index contributed by atoms with van der Waals surface area (Å²) in [4.78, 5) is 11.7. The van der Waals surface area contributed by atoms with Crippen LogP contribution in [0.4, 0.5) is 0 Å². The maximum absolute atomic E-state index is 11.7. The summed E-state index contributed by atoms with van der Waals surface area (Å²) in [5, 5.41) is 5.27. The number of methoxy groups -OCH3 is 1. The molecule has 2 aromatic carbocycles. The second-order valence-corrected chi connectivity index (χ2v) is 5.91. The lowest BCUT2D eigenvalue weighted by Gasteiger charge is -2.08. The molecule has 1 aliphatic carbocycles. The number of esters is 1. The molecule has 2 aromatic rings. The molecule has 134 valence electrons. The predicted octanol–water partition coefficient (Wildman–Crippen LogP) is 5.15. The Balaban J connectivity index is 0.000000253. The van der Waals surface area contributed by atoms with Gasteiger partial charge in [0.05, 0.1) is 12.7 Å². The van der Waals surface area contributed by atoms with Gasteiger partial charge in [-0.3, -0.25) is 0 Å². The maximum atomic E-state index is 11.7. The van der Waals surface area contributed by atoms with Crippen LogP contribution < -0.4 is 5.32 Å². The van der Waals surface area contributed by atoms with Gasteiger partial charge in [-0.1, -0.05) is 54.6 Å². The molecule has 0 aromatic heterocycles. The lowest BCUT2D eigenvalue weighted by Crippen LogP contribution is -2.03. The smallest absolute Gasteiger partial charge is 0.337 e. The zero-order valence-corrected chi connectivity index (χ0v) is 15.1. The lowest BCUT2D eigenvalue weighted by molar-refractivity contribution is -0.135. The van der Waals surface area contributed by atoms with Crippen molar-refractivity contribution in [2.24, 2.45) is 0 Å². The first-order valence-corrected chi connectivity index (χ1v) is 8.70. The van der Waals surface area contributed by atoms with Crippen molar-refractivity contribution in [2.75, 3.05) is 7.11 Å². The van der Waals surface area contributed by atoms with E-state index in [9.17, 15) is 4.79 Å². The fourth-order valence-corrected chi connectivity index (χ4v) is 2.73. The van der Waals surface area contributed by atoms with E-state index >= 15 is 0 Å². The van der Waals surface area contributed by atoms with Crippen molar-refractivity contribution in [1.29, 1.82) is 0 Å². The fourth-order valence-electron chi connectivity index (χ4n) is 2.73. The summed E-state index contributed by atoms with van der Waals surface area (Å²) >= 11 is 0. The highest BCUT2D eigenvalue weighted by Crippen LogP contribution is 2.25. The molecule has 0 saturated carbocycles. The summed E-state index contributed by atoms with van der Waals surface area (Å²) in [5.74, 6) is -0.323. The number of allylic oxidation sites excluding steroid dienone is 6. The second-order valence-electron chi connectivity index (χ2n) is 5.91. The molecule has 1 heterocycles. The Morgan fingerprint density at radius 1 is 0.815 bits per heavy atom. The van der Waals surface area contributed by atoms with Gasteiger partial charge in [0.1, 0.15) is 0 Å². The van der Waals surface area contributed by atoms with Gasteiger partial charge in [-0.2, -0.15) is 0 Å². The van der Waals surface area contributed by atoms with Crippen molar-refractivity contribution in [2.45, 2.75) is 0 Å². The largest absolute Gasteiger partial charge is 0.465 e. The Morgan fingerprint density at radius 3 is 2.11 bits per heavy atom. The predicted molar refractivity (Wildman–Crippen MR) is 113 cm³/mol. The number of ether oxygens (including phenoxy) is 1. The van der Waals surface area contributed by atoms with Crippen LogP contribution in [-0.2, 0) is 9.53 Å². The summed E-state index contributed by atoms with van der Waals surface area (Å²) in [6.45, 7) is 0. The summed E-state index contributed by atoms with van der Waals surface area (Å²) in [7, 11) is 1.40. The number of rotatable bonds is 1. The van der Waals surface area contributed by atoms with Crippen LogP contribution in [0.15, 0.2) is 96.9 Å². The lowest BCUT2D eigenvalue weighted by atomic mass is 9.97. The number of fused-ring (bicyclic) bond motifs is 2. The Labute approximate surface area is 159 Å². The van der Waals surface area contributed by atoms with E-state index < -0.39 is 0 Å². The molecule has 0 saturated heterocycles. The number of hydrogen-bond donors (Lipinski definition) is 1. The van der Waals surface area contributed by atoms with Crippen LogP contribution >= 0.6 is 0 Å². The van der Waals surface area contributed by atoms with Crippen LogP contribution in [0.5, 0.6) is 0 Å². The first-order chi connectivity index (χ1) is 13.3. The van der Waals surface area contributed by atoms with Gasteiger partial charge in [-0.05, 0) is 58.3 Å². The molecule has 0 fully saturated rings.